The van der Waals surface area contributed by atoms with Gasteiger partial charge >= 0.3 is 12.5 Å². The molecule has 1 rings (SSSR count). The highest BCUT2D eigenvalue weighted by Gasteiger charge is 2.38. The fourth-order valence-corrected chi connectivity index (χ4v) is 1.06. The number of pyridine rings is 1. The molecular weight excluding hydrogens is 275 g/mol. The van der Waals surface area contributed by atoms with Crippen molar-refractivity contribution in [2.24, 2.45) is 0 Å². The van der Waals surface area contributed by atoms with Gasteiger partial charge in [-0.3, -0.25) is 0 Å². The lowest BCUT2D eigenvalue weighted by molar-refractivity contribution is -0.277. The Balaban J connectivity index is 3.27. The number of aromatic nitrogens is 1. The normalized spacial score (nSPS) is 12.7. The quantitative estimate of drug-likeness (QED) is 0.846. The predicted octanol–water partition coefficient (Wildman–Crippen LogP) is 2.63. The van der Waals surface area contributed by atoms with Crippen molar-refractivity contribution in [3.63, 3.8) is 0 Å². The first-order chi connectivity index (χ1) is 8.04. The fourth-order valence-electron chi connectivity index (χ4n) is 1.06. The summed E-state index contributed by atoms with van der Waals surface area (Å²) in [6.07, 6.45) is -10.4. The van der Waals surface area contributed by atoms with E-state index in [4.69, 9.17) is 5.11 Å². The van der Waals surface area contributed by atoms with Gasteiger partial charge in [0.1, 0.15) is 0 Å². The first-order valence-corrected chi connectivity index (χ1v) is 4.18. The van der Waals surface area contributed by atoms with Crippen LogP contribution in [0.4, 0.5) is 30.7 Å². The van der Waals surface area contributed by atoms with E-state index in [1.165, 1.54) is 0 Å². The van der Waals surface area contributed by atoms with Crippen molar-refractivity contribution in [1.29, 1.82) is 0 Å². The molecule has 0 aliphatic rings. The van der Waals surface area contributed by atoms with Crippen LogP contribution in [0.3, 0.4) is 0 Å². The lowest BCUT2D eigenvalue weighted by Crippen LogP contribution is -2.20. The van der Waals surface area contributed by atoms with Crippen molar-refractivity contribution in [3.05, 3.63) is 23.1 Å². The molecule has 102 valence electrons. The molecular formula is C8H4F7NO2. The second-order valence-electron chi connectivity index (χ2n) is 2.97. The van der Waals surface area contributed by atoms with Crippen molar-refractivity contribution in [3.8, 4) is 5.88 Å². The zero-order chi connectivity index (χ0) is 14.1. The zero-order valence-electron chi connectivity index (χ0n) is 8.23. The summed E-state index contributed by atoms with van der Waals surface area (Å²) in [6.45, 7) is -1.32. The SMILES string of the molecule is OCc1nc(OC(F)(F)F)c(F)cc1C(F)(F)F. The van der Waals surface area contributed by atoms with Crippen molar-refractivity contribution < 1.29 is 40.6 Å². The molecule has 0 unspecified atom stereocenters. The molecule has 0 aliphatic carbocycles. The van der Waals surface area contributed by atoms with Gasteiger partial charge in [0, 0.05) is 0 Å². The van der Waals surface area contributed by atoms with E-state index < -0.39 is 42.1 Å². The topological polar surface area (TPSA) is 42.4 Å². The van der Waals surface area contributed by atoms with Crippen molar-refractivity contribution in [2.45, 2.75) is 19.1 Å². The summed E-state index contributed by atoms with van der Waals surface area (Å²) in [5, 5.41) is 8.57. The highest BCUT2D eigenvalue weighted by molar-refractivity contribution is 5.29. The molecule has 10 heteroatoms. The van der Waals surface area contributed by atoms with Gasteiger partial charge in [0.05, 0.1) is 17.9 Å². The van der Waals surface area contributed by atoms with E-state index in [1.54, 1.807) is 0 Å². The molecule has 0 radical (unpaired) electrons. The van der Waals surface area contributed by atoms with E-state index >= 15 is 0 Å². The van der Waals surface area contributed by atoms with Crippen molar-refractivity contribution >= 4 is 0 Å². The van der Waals surface area contributed by atoms with Crippen LogP contribution in [0.2, 0.25) is 0 Å². The molecule has 3 nitrogen and oxygen atoms in total. The van der Waals surface area contributed by atoms with Crippen LogP contribution in [0.5, 0.6) is 5.88 Å². The summed E-state index contributed by atoms with van der Waals surface area (Å²) < 4.78 is 88.3. The molecule has 0 aromatic carbocycles. The summed E-state index contributed by atoms with van der Waals surface area (Å²) in [6, 6.07) is -0.223. The van der Waals surface area contributed by atoms with Gasteiger partial charge < -0.3 is 9.84 Å². The molecule has 0 bridgehead atoms. The van der Waals surface area contributed by atoms with Gasteiger partial charge in [-0.15, -0.1) is 13.2 Å². The molecule has 0 atom stereocenters. The van der Waals surface area contributed by atoms with Crippen LogP contribution in [-0.2, 0) is 12.8 Å². The van der Waals surface area contributed by atoms with Gasteiger partial charge in [0.25, 0.3) is 5.88 Å². The Bertz CT molecular complexity index is 440. The van der Waals surface area contributed by atoms with Crippen LogP contribution in [0.1, 0.15) is 11.3 Å². The third-order valence-corrected chi connectivity index (χ3v) is 1.69. The number of nitrogens with zero attached hydrogens (tertiary/aromatic N) is 1. The summed E-state index contributed by atoms with van der Waals surface area (Å²) in [5.74, 6) is -3.61. The Labute approximate surface area is 94.8 Å². The third kappa shape index (κ3) is 3.45. The van der Waals surface area contributed by atoms with Gasteiger partial charge in [-0.05, 0) is 6.07 Å². The number of ether oxygens (including phenoxy) is 1. The summed E-state index contributed by atoms with van der Waals surface area (Å²) >= 11 is 0. The Morgan fingerprint density at radius 3 is 2.11 bits per heavy atom. The van der Waals surface area contributed by atoms with Crippen molar-refractivity contribution in [2.75, 3.05) is 0 Å². The molecule has 1 N–H and O–H groups in total. The minimum atomic E-state index is -5.31. The smallest absolute Gasteiger partial charge is 0.390 e. The summed E-state index contributed by atoms with van der Waals surface area (Å²) in [5.41, 5.74) is -2.83. The zero-order valence-corrected chi connectivity index (χ0v) is 8.23. The van der Waals surface area contributed by atoms with Gasteiger partial charge in [-0.2, -0.15) is 13.2 Å². The van der Waals surface area contributed by atoms with Crippen LogP contribution >= 0.6 is 0 Å². The van der Waals surface area contributed by atoms with Crippen LogP contribution in [0.15, 0.2) is 6.07 Å². The number of alkyl halides is 6. The number of rotatable bonds is 2. The van der Waals surface area contributed by atoms with Crippen molar-refractivity contribution in [1.82, 2.24) is 4.98 Å². The van der Waals surface area contributed by atoms with Crippen LogP contribution in [0.25, 0.3) is 0 Å². The average molecular weight is 279 g/mol. The fraction of sp³-hybridized carbons (Fsp3) is 0.375. The number of hydrogen-bond acceptors (Lipinski definition) is 3. The maximum absolute atomic E-state index is 13.0. The van der Waals surface area contributed by atoms with Crippen LogP contribution in [0, 0.1) is 5.82 Å². The van der Waals surface area contributed by atoms with E-state index in [0.717, 1.165) is 0 Å². The first-order valence-electron chi connectivity index (χ1n) is 4.18. The molecule has 0 fully saturated rings. The third-order valence-electron chi connectivity index (χ3n) is 1.69. The molecule has 18 heavy (non-hydrogen) atoms. The highest BCUT2D eigenvalue weighted by atomic mass is 19.4. The summed E-state index contributed by atoms with van der Waals surface area (Å²) in [4.78, 5) is 2.66. The molecule has 0 saturated heterocycles. The Hall–Kier alpha value is -1.58. The number of halogens is 7. The van der Waals surface area contributed by atoms with Crippen LogP contribution < -0.4 is 4.74 Å². The van der Waals surface area contributed by atoms with Gasteiger partial charge in [-0.1, -0.05) is 0 Å². The molecule has 1 heterocycles. The Morgan fingerprint density at radius 1 is 1.17 bits per heavy atom. The second kappa shape index (κ2) is 4.59. The van der Waals surface area contributed by atoms with E-state index in [2.05, 4.69) is 9.72 Å². The summed E-state index contributed by atoms with van der Waals surface area (Å²) in [7, 11) is 0. The van der Waals surface area contributed by atoms with Gasteiger partial charge in [0.2, 0.25) is 0 Å². The van der Waals surface area contributed by atoms with E-state index in [-0.39, 0.29) is 6.07 Å². The molecule has 0 amide bonds. The largest absolute Gasteiger partial charge is 0.574 e. The molecule has 1 aromatic rings. The number of aliphatic hydroxyl groups excluding tert-OH is 1. The second-order valence-corrected chi connectivity index (χ2v) is 2.97. The average Bonchev–Trinajstić information content (AvgIpc) is 2.17. The van der Waals surface area contributed by atoms with E-state index in [1.807, 2.05) is 0 Å². The highest BCUT2D eigenvalue weighted by Crippen LogP contribution is 2.34. The lowest BCUT2D eigenvalue weighted by atomic mass is 10.2. The number of aliphatic hydroxyl groups is 1. The minimum Gasteiger partial charge on any atom is -0.390 e. The first kappa shape index (κ1) is 14.5. The Morgan fingerprint density at radius 2 is 1.72 bits per heavy atom. The Kier molecular flexibility index (Phi) is 3.70. The van der Waals surface area contributed by atoms with Gasteiger partial charge in [0.15, 0.2) is 5.82 Å². The van der Waals surface area contributed by atoms with E-state index in [9.17, 15) is 30.7 Å². The van der Waals surface area contributed by atoms with E-state index in [0.29, 0.717) is 0 Å². The maximum atomic E-state index is 13.0. The number of hydrogen-bond donors (Lipinski definition) is 1. The standard InChI is InChI=1S/C8H4F7NO2/c9-4-1-3(7(10,11)12)5(2-17)16-6(4)18-8(13,14)15/h1,17H,2H2. The molecule has 0 aliphatic heterocycles. The lowest BCUT2D eigenvalue weighted by Gasteiger charge is -2.14. The minimum absolute atomic E-state index is 0.223. The van der Waals surface area contributed by atoms with Crippen LogP contribution in [-0.4, -0.2) is 16.5 Å². The van der Waals surface area contributed by atoms with Gasteiger partial charge in [-0.25, -0.2) is 9.37 Å². The maximum Gasteiger partial charge on any atom is 0.574 e. The molecule has 1 aromatic heterocycles. The monoisotopic (exact) mass is 279 g/mol. The molecule has 0 saturated carbocycles. The molecule has 0 spiro atoms. The predicted molar refractivity (Wildman–Crippen MR) is 41.8 cm³/mol.